The molecule has 30 heavy (non-hydrogen) atoms. The summed E-state index contributed by atoms with van der Waals surface area (Å²) in [5.74, 6) is -0.0489. The molecule has 0 bridgehead atoms. The van der Waals surface area contributed by atoms with E-state index in [4.69, 9.17) is 21.7 Å². The quantitative estimate of drug-likeness (QED) is 0.443. The number of nitrogens with zero attached hydrogens (tertiary/aromatic N) is 1. The van der Waals surface area contributed by atoms with Crippen molar-refractivity contribution in [3.05, 3.63) is 63.8 Å². The van der Waals surface area contributed by atoms with Gasteiger partial charge >= 0.3 is 5.97 Å². The summed E-state index contributed by atoms with van der Waals surface area (Å²) in [6.07, 6.45) is 0. The first kappa shape index (κ1) is 22.1. The van der Waals surface area contributed by atoms with E-state index in [0.717, 1.165) is 15.7 Å². The monoisotopic (exact) mass is 490 g/mol. The molecule has 0 spiro atoms. The van der Waals surface area contributed by atoms with E-state index < -0.39 is 12.0 Å². The number of phenolic OH excluding ortho intramolecular Hbond substituents is 1. The number of rotatable bonds is 6. The minimum atomic E-state index is -0.542. The normalized spacial score (nSPS) is 16.3. The molecule has 0 saturated heterocycles. The number of anilines is 1. The van der Waals surface area contributed by atoms with Gasteiger partial charge in [-0.2, -0.15) is 0 Å². The van der Waals surface area contributed by atoms with E-state index in [1.807, 2.05) is 43.0 Å². The highest BCUT2D eigenvalue weighted by Crippen LogP contribution is 2.37. The Bertz CT molecular complexity index is 1010. The first-order chi connectivity index (χ1) is 14.4. The van der Waals surface area contributed by atoms with Crippen molar-refractivity contribution < 1.29 is 19.4 Å². The number of nitrogens with one attached hydrogen (secondary N) is 1. The Morgan fingerprint density at radius 3 is 2.67 bits per heavy atom. The zero-order valence-electron chi connectivity index (χ0n) is 16.9. The largest absolute Gasteiger partial charge is 0.504 e. The maximum Gasteiger partial charge on any atom is 0.338 e. The average molecular weight is 491 g/mol. The van der Waals surface area contributed by atoms with Crippen molar-refractivity contribution in [2.24, 2.45) is 0 Å². The van der Waals surface area contributed by atoms with Gasteiger partial charge in [-0.25, -0.2) is 4.79 Å². The standard InChI is InChI=1S/C22H23BrN2O4S/c1-4-28-18-11-14(9-10-17(18)26)20-19(21(27)29-5-2)13(3)25(22(30)24-20)16-8-6-7-15(23)12-16/h6-12,20,26H,4-5H2,1-3H3,(H,24,30). The molecule has 0 fully saturated rings. The Labute approximate surface area is 189 Å². The van der Waals surface area contributed by atoms with Crippen LogP contribution in [0.1, 0.15) is 32.4 Å². The number of phenols is 1. The Morgan fingerprint density at radius 2 is 2.00 bits per heavy atom. The van der Waals surface area contributed by atoms with E-state index >= 15 is 0 Å². The molecule has 0 aromatic heterocycles. The second kappa shape index (κ2) is 9.49. The number of benzene rings is 2. The molecule has 1 heterocycles. The predicted molar refractivity (Wildman–Crippen MR) is 124 cm³/mol. The SMILES string of the molecule is CCOC(=O)C1=C(C)N(c2cccc(Br)c2)C(=S)NC1c1ccc(O)c(OCC)c1. The molecule has 1 unspecified atom stereocenters. The van der Waals surface area contributed by atoms with Crippen LogP contribution >= 0.6 is 28.1 Å². The minimum absolute atomic E-state index is 0.0353. The molecule has 2 aromatic rings. The van der Waals surface area contributed by atoms with Crippen molar-refractivity contribution in [3.63, 3.8) is 0 Å². The van der Waals surface area contributed by atoms with E-state index in [9.17, 15) is 9.90 Å². The Balaban J connectivity index is 2.13. The smallest absolute Gasteiger partial charge is 0.338 e. The van der Waals surface area contributed by atoms with Gasteiger partial charge in [0.25, 0.3) is 0 Å². The molecule has 3 rings (SSSR count). The summed E-state index contributed by atoms with van der Waals surface area (Å²) in [7, 11) is 0. The summed E-state index contributed by atoms with van der Waals surface area (Å²) in [4.78, 5) is 14.8. The van der Waals surface area contributed by atoms with Gasteiger partial charge in [-0.05, 0) is 68.9 Å². The fourth-order valence-electron chi connectivity index (χ4n) is 3.37. The van der Waals surface area contributed by atoms with Gasteiger partial charge in [0.1, 0.15) is 0 Å². The zero-order valence-corrected chi connectivity index (χ0v) is 19.3. The Morgan fingerprint density at radius 1 is 1.23 bits per heavy atom. The first-order valence-electron chi connectivity index (χ1n) is 9.57. The average Bonchev–Trinajstić information content (AvgIpc) is 2.69. The molecule has 0 amide bonds. The number of thiocarbonyl (C=S) groups is 1. The Hall–Kier alpha value is -2.58. The zero-order chi connectivity index (χ0) is 21.8. The molecule has 2 aromatic carbocycles. The summed E-state index contributed by atoms with van der Waals surface area (Å²) in [5.41, 5.74) is 2.67. The van der Waals surface area contributed by atoms with Crippen molar-refractivity contribution >= 4 is 44.9 Å². The molecule has 0 aliphatic carbocycles. The molecular weight excluding hydrogens is 468 g/mol. The van der Waals surface area contributed by atoms with Crippen LogP contribution < -0.4 is 15.0 Å². The van der Waals surface area contributed by atoms with Crippen LogP contribution in [0.2, 0.25) is 0 Å². The molecule has 0 saturated carbocycles. The highest BCUT2D eigenvalue weighted by molar-refractivity contribution is 9.10. The van der Waals surface area contributed by atoms with Crippen molar-refractivity contribution in [2.45, 2.75) is 26.8 Å². The summed E-state index contributed by atoms with van der Waals surface area (Å²) in [5, 5.41) is 13.8. The molecule has 158 valence electrons. The van der Waals surface area contributed by atoms with Crippen LogP contribution in [-0.2, 0) is 9.53 Å². The molecule has 1 aliphatic rings. The van der Waals surface area contributed by atoms with Gasteiger partial charge in [0, 0.05) is 15.9 Å². The number of allylic oxidation sites excluding steroid dienone is 1. The molecule has 8 heteroatoms. The van der Waals surface area contributed by atoms with Crippen molar-refractivity contribution in [1.29, 1.82) is 0 Å². The molecule has 1 aliphatic heterocycles. The van der Waals surface area contributed by atoms with Crippen molar-refractivity contribution in [3.8, 4) is 11.5 Å². The summed E-state index contributed by atoms with van der Waals surface area (Å²) in [6, 6.07) is 12.1. The second-order valence-electron chi connectivity index (χ2n) is 6.58. The van der Waals surface area contributed by atoms with E-state index in [-0.39, 0.29) is 12.4 Å². The number of carbonyl (C=O) groups is 1. The van der Waals surface area contributed by atoms with Crippen molar-refractivity contribution in [1.82, 2.24) is 5.32 Å². The number of esters is 1. The lowest BCUT2D eigenvalue weighted by Gasteiger charge is -2.37. The fraction of sp³-hybridized carbons (Fsp3) is 0.273. The van der Waals surface area contributed by atoms with Crippen LogP contribution in [0, 0.1) is 0 Å². The molecular formula is C22H23BrN2O4S. The lowest BCUT2D eigenvalue weighted by Crippen LogP contribution is -2.48. The van der Waals surface area contributed by atoms with E-state index in [0.29, 0.717) is 28.7 Å². The number of hydrogen-bond acceptors (Lipinski definition) is 5. The number of ether oxygens (including phenoxy) is 2. The third kappa shape index (κ3) is 4.44. The lowest BCUT2D eigenvalue weighted by atomic mass is 9.94. The highest BCUT2D eigenvalue weighted by atomic mass is 79.9. The van der Waals surface area contributed by atoms with Gasteiger partial charge in [-0.1, -0.05) is 28.1 Å². The number of hydrogen-bond donors (Lipinski definition) is 2. The van der Waals surface area contributed by atoms with Gasteiger partial charge in [0.15, 0.2) is 16.6 Å². The number of halogens is 1. The van der Waals surface area contributed by atoms with Crippen LogP contribution in [0.5, 0.6) is 11.5 Å². The first-order valence-corrected chi connectivity index (χ1v) is 10.8. The second-order valence-corrected chi connectivity index (χ2v) is 7.88. The summed E-state index contributed by atoms with van der Waals surface area (Å²) in [6.45, 7) is 6.11. The molecule has 2 N–H and O–H groups in total. The van der Waals surface area contributed by atoms with Crippen LogP contribution in [-0.4, -0.2) is 29.4 Å². The summed E-state index contributed by atoms with van der Waals surface area (Å²) >= 11 is 9.13. The van der Waals surface area contributed by atoms with Gasteiger partial charge in [-0.15, -0.1) is 0 Å². The van der Waals surface area contributed by atoms with Gasteiger partial charge < -0.3 is 19.9 Å². The maximum atomic E-state index is 12.9. The maximum absolute atomic E-state index is 12.9. The fourth-order valence-corrected chi connectivity index (χ4v) is 4.12. The van der Waals surface area contributed by atoms with Crippen molar-refractivity contribution in [2.75, 3.05) is 18.1 Å². The van der Waals surface area contributed by atoms with Crippen LogP contribution in [0.25, 0.3) is 0 Å². The lowest BCUT2D eigenvalue weighted by molar-refractivity contribution is -0.139. The van der Waals surface area contributed by atoms with E-state index in [2.05, 4.69) is 21.2 Å². The van der Waals surface area contributed by atoms with Gasteiger partial charge in [-0.3, -0.25) is 4.90 Å². The third-order valence-electron chi connectivity index (χ3n) is 4.66. The molecule has 0 radical (unpaired) electrons. The molecule has 1 atom stereocenters. The van der Waals surface area contributed by atoms with Crippen LogP contribution in [0.15, 0.2) is 58.2 Å². The minimum Gasteiger partial charge on any atom is -0.504 e. The van der Waals surface area contributed by atoms with Gasteiger partial charge in [0.2, 0.25) is 0 Å². The topological polar surface area (TPSA) is 71.0 Å². The number of carbonyl (C=O) groups excluding carboxylic acids is 1. The molecule has 6 nitrogen and oxygen atoms in total. The van der Waals surface area contributed by atoms with Gasteiger partial charge in [0.05, 0.1) is 24.8 Å². The number of aromatic hydroxyl groups is 1. The third-order valence-corrected chi connectivity index (χ3v) is 5.46. The van der Waals surface area contributed by atoms with E-state index in [1.54, 1.807) is 25.1 Å². The van der Waals surface area contributed by atoms with E-state index in [1.165, 1.54) is 0 Å². The van der Waals surface area contributed by atoms with Crippen LogP contribution in [0.3, 0.4) is 0 Å². The predicted octanol–water partition coefficient (Wildman–Crippen LogP) is 4.83. The highest BCUT2D eigenvalue weighted by Gasteiger charge is 2.35. The Kier molecular flexibility index (Phi) is 6.99. The summed E-state index contributed by atoms with van der Waals surface area (Å²) < 4.78 is 11.8. The van der Waals surface area contributed by atoms with Crippen LogP contribution in [0.4, 0.5) is 5.69 Å².